The highest BCUT2D eigenvalue weighted by molar-refractivity contribution is 7.89. The number of carbonyl (C=O) groups is 2. The van der Waals surface area contributed by atoms with Gasteiger partial charge in [-0.2, -0.15) is 0 Å². The fourth-order valence-corrected chi connectivity index (χ4v) is 5.12. The molecule has 160 valence electrons. The van der Waals surface area contributed by atoms with Gasteiger partial charge < -0.3 is 14.7 Å². The van der Waals surface area contributed by atoms with E-state index in [1.165, 1.54) is 26.2 Å². The summed E-state index contributed by atoms with van der Waals surface area (Å²) >= 11 is 0. The first kappa shape index (κ1) is 21.8. The average molecular weight is 432 g/mol. The van der Waals surface area contributed by atoms with Gasteiger partial charge in [0, 0.05) is 24.2 Å². The Morgan fingerprint density at radius 1 is 1.27 bits per heavy atom. The van der Waals surface area contributed by atoms with Crippen molar-refractivity contribution in [3.05, 3.63) is 53.6 Å². The predicted molar refractivity (Wildman–Crippen MR) is 111 cm³/mol. The van der Waals surface area contributed by atoms with Gasteiger partial charge in [-0.1, -0.05) is 18.2 Å². The van der Waals surface area contributed by atoms with Gasteiger partial charge in [-0.15, -0.1) is 0 Å². The molecule has 1 heterocycles. The number of fused-ring (bicyclic) bond motifs is 1. The fraction of sp³-hybridized carbons (Fsp3) is 0.333. The molecule has 2 aromatic carbocycles. The minimum absolute atomic E-state index is 0.0177. The summed E-state index contributed by atoms with van der Waals surface area (Å²) in [5, 5.41) is 9.30. The van der Waals surface area contributed by atoms with Crippen LogP contribution in [0.25, 0.3) is 0 Å². The molecular weight excluding hydrogens is 408 g/mol. The summed E-state index contributed by atoms with van der Waals surface area (Å²) in [7, 11) is -2.59. The molecule has 2 atom stereocenters. The highest BCUT2D eigenvalue weighted by atomic mass is 32.2. The van der Waals surface area contributed by atoms with E-state index < -0.39 is 28.5 Å². The third kappa shape index (κ3) is 4.31. The van der Waals surface area contributed by atoms with E-state index in [2.05, 4.69) is 4.72 Å². The van der Waals surface area contributed by atoms with Crippen LogP contribution in [-0.4, -0.2) is 38.6 Å². The van der Waals surface area contributed by atoms with E-state index >= 15 is 0 Å². The van der Waals surface area contributed by atoms with Crippen molar-refractivity contribution in [1.82, 2.24) is 4.72 Å². The van der Waals surface area contributed by atoms with Crippen LogP contribution in [0.5, 0.6) is 5.75 Å². The van der Waals surface area contributed by atoms with E-state index in [0.717, 1.165) is 5.56 Å². The quantitative estimate of drug-likeness (QED) is 0.695. The number of nitrogens with zero attached hydrogens (tertiary/aromatic N) is 1. The van der Waals surface area contributed by atoms with Gasteiger partial charge in [0.25, 0.3) is 0 Å². The smallest absolute Gasteiger partial charge is 0.305 e. The highest BCUT2D eigenvalue weighted by Gasteiger charge is 2.31. The number of methoxy groups -OCH3 is 1. The number of carboxylic acid groups (broad SMARTS) is 1. The summed E-state index contributed by atoms with van der Waals surface area (Å²) in [4.78, 5) is 24.9. The topological polar surface area (TPSA) is 113 Å². The number of anilines is 1. The number of benzene rings is 2. The van der Waals surface area contributed by atoms with Crippen LogP contribution in [0.15, 0.2) is 47.4 Å². The monoisotopic (exact) mass is 432 g/mol. The molecule has 0 saturated carbocycles. The lowest BCUT2D eigenvalue weighted by atomic mass is 10.0. The SMILES string of the molecule is COc1ccccc1[C@@H](CC(=O)O)NS(=O)(=O)c1ccc2c(c1)C[C@@H](C)N2C(C)=O. The van der Waals surface area contributed by atoms with E-state index in [1.807, 2.05) is 6.92 Å². The third-order valence-corrected chi connectivity index (χ3v) is 6.58. The maximum atomic E-state index is 13.1. The predicted octanol–water partition coefficient (Wildman–Crippen LogP) is 2.49. The van der Waals surface area contributed by atoms with Crippen molar-refractivity contribution in [2.24, 2.45) is 0 Å². The zero-order chi connectivity index (χ0) is 22.1. The molecule has 0 radical (unpaired) electrons. The molecular formula is C21H24N2O6S. The number of nitrogens with one attached hydrogen (secondary N) is 1. The van der Waals surface area contributed by atoms with Crippen LogP contribution in [-0.2, 0) is 26.0 Å². The molecule has 0 bridgehead atoms. The number of amides is 1. The molecule has 9 heteroatoms. The molecule has 8 nitrogen and oxygen atoms in total. The first-order chi connectivity index (χ1) is 14.1. The summed E-state index contributed by atoms with van der Waals surface area (Å²) in [5.41, 5.74) is 1.89. The lowest BCUT2D eigenvalue weighted by Gasteiger charge is -2.21. The number of ether oxygens (including phenoxy) is 1. The number of sulfonamides is 1. The number of carboxylic acids is 1. The summed E-state index contributed by atoms with van der Waals surface area (Å²) in [5.74, 6) is -0.854. The molecule has 3 rings (SSSR count). The highest BCUT2D eigenvalue weighted by Crippen LogP contribution is 2.35. The minimum atomic E-state index is -4.03. The maximum Gasteiger partial charge on any atom is 0.305 e. The van der Waals surface area contributed by atoms with E-state index in [4.69, 9.17) is 4.74 Å². The zero-order valence-corrected chi connectivity index (χ0v) is 17.8. The van der Waals surface area contributed by atoms with Crippen molar-refractivity contribution >= 4 is 27.6 Å². The molecule has 0 fully saturated rings. The largest absolute Gasteiger partial charge is 0.496 e. The van der Waals surface area contributed by atoms with Crippen molar-refractivity contribution in [2.45, 2.75) is 43.7 Å². The number of rotatable bonds is 7. The van der Waals surface area contributed by atoms with Gasteiger partial charge in [-0.25, -0.2) is 13.1 Å². The Hall–Kier alpha value is -2.91. The van der Waals surface area contributed by atoms with Gasteiger partial charge in [0.1, 0.15) is 5.75 Å². The molecule has 0 aromatic heterocycles. The Morgan fingerprint density at radius 3 is 2.60 bits per heavy atom. The van der Waals surface area contributed by atoms with Crippen molar-refractivity contribution in [3.63, 3.8) is 0 Å². The average Bonchev–Trinajstić information content (AvgIpc) is 3.01. The van der Waals surface area contributed by atoms with E-state index in [-0.39, 0.29) is 16.8 Å². The Labute approximate surface area is 175 Å². The van der Waals surface area contributed by atoms with Crippen molar-refractivity contribution < 1.29 is 27.9 Å². The summed E-state index contributed by atoms with van der Waals surface area (Å²) in [6, 6.07) is 10.2. The number of aliphatic carboxylic acids is 1. The van der Waals surface area contributed by atoms with Gasteiger partial charge in [0.05, 0.1) is 24.5 Å². The van der Waals surface area contributed by atoms with Crippen LogP contribution < -0.4 is 14.4 Å². The molecule has 30 heavy (non-hydrogen) atoms. The van der Waals surface area contributed by atoms with Gasteiger partial charge in [-0.05, 0) is 43.2 Å². The maximum absolute atomic E-state index is 13.1. The second-order valence-electron chi connectivity index (χ2n) is 7.25. The number of carbonyl (C=O) groups excluding carboxylic acids is 1. The molecule has 0 saturated heterocycles. The van der Waals surface area contributed by atoms with Crippen LogP contribution >= 0.6 is 0 Å². The second-order valence-corrected chi connectivity index (χ2v) is 8.96. The van der Waals surface area contributed by atoms with Crippen LogP contribution in [0.4, 0.5) is 5.69 Å². The molecule has 0 unspecified atom stereocenters. The minimum Gasteiger partial charge on any atom is -0.496 e. The molecule has 1 amide bonds. The molecule has 2 N–H and O–H groups in total. The van der Waals surface area contributed by atoms with E-state index in [0.29, 0.717) is 23.4 Å². The normalized spacial score (nSPS) is 16.8. The first-order valence-corrected chi connectivity index (χ1v) is 10.9. The van der Waals surface area contributed by atoms with E-state index in [1.54, 1.807) is 35.2 Å². The molecule has 1 aliphatic rings. The molecule has 1 aliphatic heterocycles. The molecule has 0 aliphatic carbocycles. The van der Waals surface area contributed by atoms with Crippen molar-refractivity contribution in [1.29, 1.82) is 0 Å². The number of hydrogen-bond donors (Lipinski definition) is 2. The second kappa shape index (κ2) is 8.45. The Bertz CT molecular complexity index is 1080. The van der Waals surface area contributed by atoms with Crippen LogP contribution in [0.2, 0.25) is 0 Å². The van der Waals surface area contributed by atoms with Crippen LogP contribution in [0, 0.1) is 0 Å². The van der Waals surface area contributed by atoms with Crippen molar-refractivity contribution in [3.8, 4) is 5.75 Å². The van der Waals surface area contributed by atoms with Crippen LogP contribution in [0.3, 0.4) is 0 Å². The lowest BCUT2D eigenvalue weighted by Crippen LogP contribution is -2.33. The summed E-state index contributed by atoms with van der Waals surface area (Å²) < 4.78 is 33.9. The number of para-hydroxylation sites is 1. The van der Waals surface area contributed by atoms with Crippen LogP contribution in [0.1, 0.15) is 37.4 Å². The fourth-order valence-electron chi connectivity index (χ4n) is 3.85. The van der Waals surface area contributed by atoms with Crippen molar-refractivity contribution in [2.75, 3.05) is 12.0 Å². The summed E-state index contributed by atoms with van der Waals surface area (Å²) in [6.07, 6.45) is 0.100. The van der Waals surface area contributed by atoms with E-state index in [9.17, 15) is 23.1 Å². The zero-order valence-electron chi connectivity index (χ0n) is 17.0. The summed E-state index contributed by atoms with van der Waals surface area (Å²) in [6.45, 7) is 3.37. The van der Waals surface area contributed by atoms with Gasteiger partial charge >= 0.3 is 5.97 Å². The number of hydrogen-bond acceptors (Lipinski definition) is 5. The van der Waals surface area contributed by atoms with Gasteiger partial charge in [0.2, 0.25) is 15.9 Å². The third-order valence-electron chi connectivity index (χ3n) is 5.11. The molecule has 0 spiro atoms. The van der Waals surface area contributed by atoms with Gasteiger partial charge in [-0.3, -0.25) is 9.59 Å². The Morgan fingerprint density at radius 2 is 1.97 bits per heavy atom. The van der Waals surface area contributed by atoms with Gasteiger partial charge in [0.15, 0.2) is 0 Å². The standard InChI is InChI=1S/C21H24N2O6S/c1-13-10-15-11-16(8-9-19(15)23(13)14(2)24)30(27,28)22-18(12-21(25)26)17-6-4-5-7-20(17)29-3/h4-9,11,13,18,22H,10,12H2,1-3H3,(H,25,26)/t13-,18-/m1/s1. The Balaban J connectivity index is 1.95. The lowest BCUT2D eigenvalue weighted by molar-refractivity contribution is -0.137. The molecule has 2 aromatic rings. The Kier molecular flexibility index (Phi) is 6.14. The first-order valence-electron chi connectivity index (χ1n) is 9.43.